The van der Waals surface area contributed by atoms with Crippen LogP contribution in [-0.2, 0) is 11.3 Å². The Labute approximate surface area is 219 Å². The smallest absolute Gasteiger partial charge is 0.259 e. The van der Waals surface area contributed by atoms with Crippen LogP contribution in [-0.4, -0.2) is 78.6 Å². The van der Waals surface area contributed by atoms with Crippen molar-refractivity contribution in [2.75, 3.05) is 40.9 Å². The van der Waals surface area contributed by atoms with Crippen LogP contribution in [0.25, 0.3) is 0 Å². The molecular weight excluding hydrogens is 472 g/mol. The van der Waals surface area contributed by atoms with Gasteiger partial charge in [0.1, 0.15) is 22.8 Å². The summed E-state index contributed by atoms with van der Waals surface area (Å²) in [6.45, 7) is 10.2. The lowest BCUT2D eigenvalue weighted by molar-refractivity contribution is -0.118. The molecule has 9 nitrogen and oxygen atoms in total. The average Bonchev–Trinajstić information content (AvgIpc) is 3.17. The molecule has 0 spiro atoms. The molecule has 200 valence electrons. The Balaban J connectivity index is 1.71. The largest absolute Gasteiger partial charge is 0.497 e. The highest BCUT2D eigenvalue weighted by Crippen LogP contribution is 2.44. The van der Waals surface area contributed by atoms with Gasteiger partial charge in [0.15, 0.2) is 0 Å². The number of ether oxygens (including phenoxy) is 2. The molecule has 1 fully saturated rings. The first kappa shape index (κ1) is 26.7. The molecule has 0 unspecified atom stereocenters. The van der Waals surface area contributed by atoms with E-state index in [0.29, 0.717) is 55.2 Å². The van der Waals surface area contributed by atoms with E-state index in [1.54, 1.807) is 28.1 Å². The molecule has 2 amide bonds. The van der Waals surface area contributed by atoms with E-state index < -0.39 is 5.54 Å². The van der Waals surface area contributed by atoms with Gasteiger partial charge in [-0.05, 0) is 51.9 Å². The molecular formula is C28H38N4O5. The number of aromatic nitrogens is 1. The fourth-order valence-corrected chi connectivity index (χ4v) is 5.95. The van der Waals surface area contributed by atoms with Gasteiger partial charge in [-0.3, -0.25) is 14.5 Å². The molecule has 2 aliphatic rings. The third-order valence-corrected chi connectivity index (χ3v) is 8.10. The van der Waals surface area contributed by atoms with Crippen LogP contribution in [0.5, 0.6) is 11.5 Å². The summed E-state index contributed by atoms with van der Waals surface area (Å²) in [5, 5.41) is 3.96. The van der Waals surface area contributed by atoms with Crippen LogP contribution >= 0.6 is 0 Å². The van der Waals surface area contributed by atoms with Crippen molar-refractivity contribution in [2.45, 2.75) is 58.5 Å². The van der Waals surface area contributed by atoms with E-state index in [1.165, 1.54) is 0 Å². The Hall–Kier alpha value is -3.33. The molecule has 0 saturated carbocycles. The lowest BCUT2D eigenvalue weighted by Gasteiger charge is -2.50. The van der Waals surface area contributed by atoms with Crippen LogP contribution in [0, 0.1) is 13.8 Å². The Morgan fingerprint density at radius 2 is 1.95 bits per heavy atom. The number of fused-ring (bicyclic) bond motifs is 1. The molecule has 37 heavy (non-hydrogen) atoms. The summed E-state index contributed by atoms with van der Waals surface area (Å²) in [5.74, 6) is 1.95. The molecule has 2 aliphatic heterocycles. The SMILES string of the molecule is CCN(C)C1(C2=C[C@H](C)c3c(cc(OC)cc3OC)CN2C=O)CCN(C(=O)c2c(C)noc2C)CC1. The number of benzene rings is 1. The van der Waals surface area contributed by atoms with Crippen LogP contribution < -0.4 is 9.47 Å². The Morgan fingerprint density at radius 3 is 2.49 bits per heavy atom. The summed E-state index contributed by atoms with van der Waals surface area (Å²) < 4.78 is 16.5. The Bertz CT molecular complexity index is 1180. The second-order valence-electron chi connectivity index (χ2n) is 10.0. The number of carbonyl (C=O) groups excluding carboxylic acids is 2. The van der Waals surface area contributed by atoms with Gasteiger partial charge in [0.25, 0.3) is 5.91 Å². The number of amides is 2. The molecule has 0 N–H and O–H groups in total. The minimum atomic E-state index is -0.404. The molecule has 2 aromatic rings. The van der Waals surface area contributed by atoms with Crippen LogP contribution in [0.15, 0.2) is 28.4 Å². The number of carbonyl (C=O) groups is 2. The number of likely N-dealkylation sites (N-methyl/N-ethyl adjacent to an activating group) is 1. The van der Waals surface area contributed by atoms with E-state index >= 15 is 0 Å². The maximum Gasteiger partial charge on any atom is 0.259 e. The van der Waals surface area contributed by atoms with Crippen molar-refractivity contribution in [3.05, 3.63) is 52.1 Å². The lowest BCUT2D eigenvalue weighted by Crippen LogP contribution is -2.58. The van der Waals surface area contributed by atoms with E-state index in [9.17, 15) is 9.59 Å². The number of hydrogen-bond acceptors (Lipinski definition) is 7. The molecule has 4 rings (SSSR count). The van der Waals surface area contributed by atoms with Gasteiger partial charge in [-0.25, -0.2) is 0 Å². The first-order valence-electron chi connectivity index (χ1n) is 12.8. The summed E-state index contributed by atoms with van der Waals surface area (Å²) in [5.41, 5.74) is 3.79. The van der Waals surface area contributed by atoms with Crippen molar-refractivity contribution < 1.29 is 23.6 Å². The predicted octanol–water partition coefficient (Wildman–Crippen LogP) is 3.89. The number of piperidine rings is 1. The number of nitrogens with zero attached hydrogens (tertiary/aromatic N) is 4. The van der Waals surface area contributed by atoms with Gasteiger partial charge in [-0.2, -0.15) is 0 Å². The monoisotopic (exact) mass is 510 g/mol. The molecule has 1 saturated heterocycles. The van der Waals surface area contributed by atoms with Gasteiger partial charge < -0.3 is 23.8 Å². The molecule has 9 heteroatoms. The van der Waals surface area contributed by atoms with Crippen LogP contribution in [0.3, 0.4) is 0 Å². The molecule has 1 aromatic carbocycles. The maximum absolute atomic E-state index is 13.3. The summed E-state index contributed by atoms with van der Waals surface area (Å²) in [7, 11) is 5.39. The first-order chi connectivity index (χ1) is 17.7. The fraction of sp³-hybridized carbons (Fsp3) is 0.536. The zero-order chi connectivity index (χ0) is 26.9. The highest BCUT2D eigenvalue weighted by molar-refractivity contribution is 5.96. The lowest BCUT2D eigenvalue weighted by atomic mass is 9.80. The normalized spacial score (nSPS) is 19.2. The van der Waals surface area contributed by atoms with Crippen molar-refractivity contribution in [1.29, 1.82) is 0 Å². The van der Waals surface area contributed by atoms with Crippen molar-refractivity contribution >= 4 is 12.3 Å². The molecule has 1 atom stereocenters. The number of allylic oxidation sites excluding steroid dienone is 1. The van der Waals surface area contributed by atoms with E-state index in [0.717, 1.165) is 35.5 Å². The second kappa shape index (κ2) is 10.6. The van der Waals surface area contributed by atoms with E-state index in [4.69, 9.17) is 14.0 Å². The van der Waals surface area contributed by atoms with E-state index in [2.05, 4.69) is 37.0 Å². The summed E-state index contributed by atoms with van der Waals surface area (Å²) >= 11 is 0. The van der Waals surface area contributed by atoms with Gasteiger partial charge in [0.2, 0.25) is 6.41 Å². The average molecular weight is 511 g/mol. The van der Waals surface area contributed by atoms with Crippen LogP contribution in [0.4, 0.5) is 0 Å². The van der Waals surface area contributed by atoms with Crippen molar-refractivity contribution in [3.63, 3.8) is 0 Å². The van der Waals surface area contributed by atoms with Crippen LogP contribution in [0.2, 0.25) is 0 Å². The quantitative estimate of drug-likeness (QED) is 0.522. The number of hydrogen-bond donors (Lipinski definition) is 0. The summed E-state index contributed by atoms with van der Waals surface area (Å²) in [6, 6.07) is 3.88. The van der Waals surface area contributed by atoms with Crippen molar-refractivity contribution in [3.8, 4) is 11.5 Å². The van der Waals surface area contributed by atoms with Gasteiger partial charge in [-0.15, -0.1) is 0 Å². The first-order valence-corrected chi connectivity index (χ1v) is 12.8. The summed E-state index contributed by atoms with van der Waals surface area (Å²) in [6.07, 6.45) is 4.53. The van der Waals surface area contributed by atoms with Gasteiger partial charge in [-0.1, -0.05) is 25.1 Å². The number of methoxy groups -OCH3 is 2. The third kappa shape index (κ3) is 4.61. The Kier molecular flexibility index (Phi) is 7.64. The molecule has 0 bridgehead atoms. The van der Waals surface area contributed by atoms with Crippen LogP contribution in [0.1, 0.15) is 65.5 Å². The number of likely N-dealkylation sites (tertiary alicyclic amines) is 1. The fourth-order valence-electron chi connectivity index (χ4n) is 5.95. The molecule has 0 radical (unpaired) electrons. The van der Waals surface area contributed by atoms with Crippen molar-refractivity contribution in [1.82, 2.24) is 19.9 Å². The predicted molar refractivity (Wildman–Crippen MR) is 140 cm³/mol. The van der Waals surface area contributed by atoms with E-state index in [-0.39, 0.29) is 11.8 Å². The zero-order valence-electron chi connectivity index (χ0n) is 23.0. The standard InChI is InChI=1S/C28H38N4O5/c1-8-30(5)28(9-11-31(12-10-28)27(34)26-19(3)29-37-20(26)4)24-13-18(2)25-21(16-32(24)17-33)14-22(35-6)15-23(25)36-7/h13-15,17-18H,8-12,16H2,1-7H3/t18-/m0/s1. The topological polar surface area (TPSA) is 88.4 Å². The third-order valence-electron chi connectivity index (χ3n) is 8.10. The minimum absolute atomic E-state index is 0.0138. The van der Waals surface area contributed by atoms with Crippen molar-refractivity contribution in [2.24, 2.45) is 0 Å². The minimum Gasteiger partial charge on any atom is -0.497 e. The molecule has 0 aliphatic carbocycles. The number of aryl methyl sites for hydroxylation is 2. The van der Waals surface area contributed by atoms with Gasteiger partial charge >= 0.3 is 0 Å². The maximum atomic E-state index is 13.3. The highest BCUT2D eigenvalue weighted by atomic mass is 16.5. The highest BCUT2D eigenvalue weighted by Gasteiger charge is 2.45. The molecule has 1 aromatic heterocycles. The second-order valence-corrected chi connectivity index (χ2v) is 10.0. The Morgan fingerprint density at radius 1 is 1.24 bits per heavy atom. The zero-order valence-corrected chi connectivity index (χ0v) is 23.0. The number of rotatable bonds is 7. The van der Waals surface area contributed by atoms with Gasteiger partial charge in [0, 0.05) is 36.3 Å². The van der Waals surface area contributed by atoms with Gasteiger partial charge in [0.05, 0.1) is 32.0 Å². The summed E-state index contributed by atoms with van der Waals surface area (Å²) in [4.78, 5) is 31.9. The molecule has 3 heterocycles. The van der Waals surface area contributed by atoms with E-state index in [1.807, 2.05) is 21.9 Å².